The number of carbonyl (C=O) groups excluding carboxylic acids is 1. The zero-order chi connectivity index (χ0) is 22.2. The Morgan fingerprint density at radius 3 is 2.58 bits per heavy atom. The van der Waals surface area contributed by atoms with Crippen LogP contribution < -0.4 is 14.8 Å². The van der Waals surface area contributed by atoms with E-state index in [1.807, 2.05) is 48.9 Å². The SMILES string of the molecule is CCOc1ccc(C(NC(=O)CCc2nnc(-c3ccsc3)o2)C(C)C)cc1OCC. The molecule has 8 heteroatoms. The molecule has 0 radical (unpaired) electrons. The maximum Gasteiger partial charge on any atom is 0.248 e. The normalized spacial score (nSPS) is 12.0. The molecule has 166 valence electrons. The largest absolute Gasteiger partial charge is 0.490 e. The van der Waals surface area contributed by atoms with Crippen LogP contribution in [0.5, 0.6) is 11.5 Å². The van der Waals surface area contributed by atoms with Crippen LogP contribution in [0.15, 0.2) is 39.4 Å². The van der Waals surface area contributed by atoms with Gasteiger partial charge in [0.25, 0.3) is 0 Å². The molecule has 1 aromatic carbocycles. The molecule has 7 nitrogen and oxygen atoms in total. The molecule has 0 aliphatic heterocycles. The fourth-order valence-corrected chi connectivity index (χ4v) is 3.85. The molecule has 0 aliphatic rings. The van der Waals surface area contributed by atoms with Crippen LogP contribution in [0.2, 0.25) is 0 Å². The van der Waals surface area contributed by atoms with E-state index in [0.717, 1.165) is 11.1 Å². The van der Waals surface area contributed by atoms with Gasteiger partial charge in [-0.1, -0.05) is 19.9 Å². The quantitative estimate of drug-likeness (QED) is 0.447. The van der Waals surface area contributed by atoms with Crippen LogP contribution >= 0.6 is 11.3 Å². The van der Waals surface area contributed by atoms with Crippen LogP contribution in [-0.2, 0) is 11.2 Å². The van der Waals surface area contributed by atoms with Crippen LogP contribution in [0, 0.1) is 5.92 Å². The first-order chi connectivity index (χ1) is 15.0. The molecule has 31 heavy (non-hydrogen) atoms. The lowest BCUT2D eigenvalue weighted by atomic mass is 9.95. The minimum Gasteiger partial charge on any atom is -0.490 e. The van der Waals surface area contributed by atoms with Crippen LogP contribution in [0.4, 0.5) is 0 Å². The molecule has 1 atom stereocenters. The van der Waals surface area contributed by atoms with Crippen molar-refractivity contribution in [1.29, 1.82) is 0 Å². The van der Waals surface area contributed by atoms with Gasteiger partial charge in [0.2, 0.25) is 17.7 Å². The van der Waals surface area contributed by atoms with Crippen molar-refractivity contribution in [2.24, 2.45) is 5.92 Å². The highest BCUT2D eigenvalue weighted by molar-refractivity contribution is 7.08. The van der Waals surface area contributed by atoms with Crippen molar-refractivity contribution in [2.75, 3.05) is 13.2 Å². The highest BCUT2D eigenvalue weighted by atomic mass is 32.1. The molecule has 2 heterocycles. The summed E-state index contributed by atoms with van der Waals surface area (Å²) in [6, 6.07) is 7.60. The minimum absolute atomic E-state index is 0.0687. The van der Waals surface area contributed by atoms with Gasteiger partial charge >= 0.3 is 0 Å². The third kappa shape index (κ3) is 6.07. The summed E-state index contributed by atoms with van der Waals surface area (Å²) in [5.74, 6) is 2.46. The van der Waals surface area contributed by atoms with E-state index in [0.29, 0.717) is 42.9 Å². The number of ether oxygens (including phenoxy) is 2. The van der Waals surface area contributed by atoms with Gasteiger partial charge in [0, 0.05) is 23.8 Å². The van der Waals surface area contributed by atoms with Crippen molar-refractivity contribution >= 4 is 17.2 Å². The average molecular weight is 444 g/mol. The first-order valence-corrected chi connectivity index (χ1v) is 11.5. The number of benzene rings is 1. The molecule has 0 spiro atoms. The number of hydrogen-bond acceptors (Lipinski definition) is 7. The second kappa shape index (κ2) is 10.9. The predicted molar refractivity (Wildman–Crippen MR) is 120 cm³/mol. The predicted octanol–water partition coefficient (Wildman–Crippen LogP) is 5.04. The Balaban J connectivity index is 1.64. The zero-order valence-corrected chi connectivity index (χ0v) is 19.2. The first-order valence-electron chi connectivity index (χ1n) is 10.6. The van der Waals surface area contributed by atoms with Crippen molar-refractivity contribution in [3.05, 3.63) is 46.5 Å². The summed E-state index contributed by atoms with van der Waals surface area (Å²) in [6.07, 6.45) is 0.658. The fraction of sp³-hybridized carbons (Fsp3) is 0.435. The van der Waals surface area contributed by atoms with Gasteiger partial charge in [0.05, 0.1) is 19.3 Å². The van der Waals surface area contributed by atoms with Crippen molar-refractivity contribution in [1.82, 2.24) is 15.5 Å². The van der Waals surface area contributed by atoms with Gasteiger partial charge in [-0.05, 0) is 48.9 Å². The molecule has 0 fully saturated rings. The number of carbonyl (C=O) groups is 1. The second-order valence-electron chi connectivity index (χ2n) is 7.37. The molecule has 2 aromatic heterocycles. The Morgan fingerprint density at radius 1 is 1.13 bits per heavy atom. The number of hydrogen-bond donors (Lipinski definition) is 1. The standard InChI is InChI=1S/C23H29N3O4S/c1-5-28-18-8-7-16(13-19(18)29-6-2)22(15(3)4)24-20(27)9-10-21-25-26-23(30-21)17-11-12-31-14-17/h7-8,11-15,22H,5-6,9-10H2,1-4H3,(H,24,27). The van der Waals surface area contributed by atoms with E-state index in [4.69, 9.17) is 13.9 Å². The number of nitrogens with zero attached hydrogens (tertiary/aromatic N) is 2. The molecule has 0 bridgehead atoms. The Kier molecular flexibility index (Phi) is 8.06. The smallest absolute Gasteiger partial charge is 0.248 e. The van der Waals surface area contributed by atoms with Gasteiger partial charge in [-0.3, -0.25) is 4.79 Å². The maximum absolute atomic E-state index is 12.7. The molecular weight excluding hydrogens is 414 g/mol. The van der Waals surface area contributed by atoms with Crippen LogP contribution in [0.1, 0.15) is 51.6 Å². The molecule has 3 aromatic rings. The van der Waals surface area contributed by atoms with Crippen molar-refractivity contribution in [3.63, 3.8) is 0 Å². The number of amides is 1. The summed E-state index contributed by atoms with van der Waals surface area (Å²) in [7, 11) is 0. The number of rotatable bonds is 11. The lowest BCUT2D eigenvalue weighted by Crippen LogP contribution is -2.32. The first kappa shape index (κ1) is 22.8. The van der Waals surface area contributed by atoms with E-state index in [-0.39, 0.29) is 24.3 Å². The lowest BCUT2D eigenvalue weighted by molar-refractivity contribution is -0.122. The number of nitrogens with one attached hydrogen (secondary N) is 1. The second-order valence-corrected chi connectivity index (χ2v) is 8.15. The lowest BCUT2D eigenvalue weighted by Gasteiger charge is -2.24. The molecule has 3 rings (SSSR count). The summed E-state index contributed by atoms with van der Waals surface area (Å²) < 4.78 is 17.1. The summed E-state index contributed by atoms with van der Waals surface area (Å²) in [4.78, 5) is 12.7. The van der Waals surface area contributed by atoms with Gasteiger partial charge < -0.3 is 19.2 Å². The number of aryl methyl sites for hydroxylation is 1. The monoisotopic (exact) mass is 443 g/mol. The Labute approximate surface area is 186 Å². The Morgan fingerprint density at radius 2 is 1.90 bits per heavy atom. The van der Waals surface area contributed by atoms with E-state index in [9.17, 15) is 4.79 Å². The van der Waals surface area contributed by atoms with E-state index < -0.39 is 0 Å². The molecule has 0 saturated carbocycles. The number of aromatic nitrogens is 2. The molecule has 1 unspecified atom stereocenters. The summed E-state index contributed by atoms with van der Waals surface area (Å²) in [5.41, 5.74) is 1.88. The molecule has 0 aliphatic carbocycles. The minimum atomic E-state index is -0.147. The van der Waals surface area contributed by atoms with Crippen molar-refractivity contribution in [2.45, 2.75) is 46.6 Å². The zero-order valence-electron chi connectivity index (χ0n) is 18.4. The van der Waals surface area contributed by atoms with Crippen LogP contribution in [0.3, 0.4) is 0 Å². The van der Waals surface area contributed by atoms with Gasteiger partial charge in [-0.2, -0.15) is 11.3 Å². The van der Waals surface area contributed by atoms with E-state index in [2.05, 4.69) is 29.4 Å². The highest BCUT2D eigenvalue weighted by Crippen LogP contribution is 2.33. The molecule has 1 amide bonds. The maximum atomic E-state index is 12.7. The van der Waals surface area contributed by atoms with Gasteiger partial charge in [0.1, 0.15) is 0 Å². The summed E-state index contributed by atoms with van der Waals surface area (Å²) >= 11 is 1.57. The van der Waals surface area contributed by atoms with Crippen molar-refractivity contribution < 1.29 is 18.7 Å². The third-order valence-corrected chi connectivity index (χ3v) is 5.39. The van der Waals surface area contributed by atoms with Gasteiger partial charge in [0.15, 0.2) is 11.5 Å². The Hall–Kier alpha value is -2.87. The average Bonchev–Trinajstić information content (AvgIpc) is 3.44. The fourth-order valence-electron chi connectivity index (χ4n) is 3.22. The van der Waals surface area contributed by atoms with E-state index in [1.165, 1.54) is 0 Å². The highest BCUT2D eigenvalue weighted by Gasteiger charge is 2.21. The molecule has 0 saturated heterocycles. The Bertz CT molecular complexity index is 969. The van der Waals surface area contributed by atoms with Crippen LogP contribution in [0.25, 0.3) is 11.5 Å². The van der Waals surface area contributed by atoms with Gasteiger partial charge in [-0.25, -0.2) is 0 Å². The topological polar surface area (TPSA) is 86.5 Å². The van der Waals surface area contributed by atoms with Crippen LogP contribution in [-0.4, -0.2) is 29.3 Å². The van der Waals surface area contributed by atoms with Gasteiger partial charge in [-0.15, -0.1) is 10.2 Å². The summed E-state index contributed by atoms with van der Waals surface area (Å²) in [5, 5.41) is 15.1. The number of thiophene rings is 1. The summed E-state index contributed by atoms with van der Waals surface area (Å²) in [6.45, 7) is 9.13. The van der Waals surface area contributed by atoms with E-state index >= 15 is 0 Å². The molecular formula is C23H29N3O4S. The van der Waals surface area contributed by atoms with E-state index in [1.54, 1.807) is 11.3 Å². The molecule has 1 N–H and O–H groups in total. The third-order valence-electron chi connectivity index (χ3n) is 4.71. The van der Waals surface area contributed by atoms with Crippen molar-refractivity contribution in [3.8, 4) is 23.0 Å².